The Morgan fingerprint density at radius 2 is 1.76 bits per heavy atom. The number of benzene rings is 2. The highest BCUT2D eigenvalue weighted by Crippen LogP contribution is 2.25. The fourth-order valence-corrected chi connectivity index (χ4v) is 2.64. The lowest BCUT2D eigenvalue weighted by Gasteiger charge is -2.09. The van der Waals surface area contributed by atoms with Crippen LogP contribution < -0.4 is 4.74 Å². The van der Waals surface area contributed by atoms with E-state index in [1.165, 1.54) is 5.56 Å². The summed E-state index contributed by atoms with van der Waals surface area (Å²) in [6.07, 6.45) is 1.95. The summed E-state index contributed by atoms with van der Waals surface area (Å²) >= 11 is 0. The summed E-state index contributed by atoms with van der Waals surface area (Å²) < 4.78 is 7.52. The van der Waals surface area contributed by atoms with Crippen LogP contribution in [0.2, 0.25) is 0 Å². The van der Waals surface area contributed by atoms with Crippen LogP contribution in [0.15, 0.2) is 42.5 Å². The molecule has 108 valence electrons. The van der Waals surface area contributed by atoms with E-state index in [9.17, 15) is 0 Å². The molecule has 0 radical (unpaired) electrons. The van der Waals surface area contributed by atoms with Crippen LogP contribution in [-0.2, 0) is 12.8 Å². The largest absolute Gasteiger partial charge is 0.497 e. The molecule has 0 fully saturated rings. The van der Waals surface area contributed by atoms with Crippen molar-refractivity contribution in [3.8, 4) is 11.4 Å². The number of hydrogen-bond donors (Lipinski definition) is 0. The lowest BCUT2D eigenvalue weighted by Crippen LogP contribution is -2.00. The number of hydrogen-bond acceptors (Lipinski definition) is 2. The highest BCUT2D eigenvalue weighted by atomic mass is 16.5. The minimum Gasteiger partial charge on any atom is -0.497 e. The van der Waals surface area contributed by atoms with Gasteiger partial charge in [-0.15, -0.1) is 0 Å². The lowest BCUT2D eigenvalue weighted by molar-refractivity contribution is 0.415. The minimum absolute atomic E-state index is 0.844. The third-order valence-electron chi connectivity index (χ3n) is 3.85. The van der Waals surface area contributed by atoms with Gasteiger partial charge in [-0.2, -0.15) is 0 Å². The summed E-state index contributed by atoms with van der Waals surface area (Å²) in [6, 6.07) is 14.8. The second-order valence-electron chi connectivity index (χ2n) is 5.09. The molecule has 21 heavy (non-hydrogen) atoms. The number of ether oxygens (including phenoxy) is 1. The summed E-state index contributed by atoms with van der Waals surface area (Å²) in [5, 5.41) is 0. The Kier molecular flexibility index (Phi) is 3.65. The van der Waals surface area contributed by atoms with Gasteiger partial charge in [-0.3, -0.25) is 4.57 Å². The second kappa shape index (κ2) is 5.60. The van der Waals surface area contributed by atoms with Crippen molar-refractivity contribution in [2.75, 3.05) is 7.11 Å². The Morgan fingerprint density at radius 3 is 2.38 bits per heavy atom. The maximum Gasteiger partial charge on any atom is 0.121 e. The van der Waals surface area contributed by atoms with Gasteiger partial charge in [-0.1, -0.05) is 26.0 Å². The van der Waals surface area contributed by atoms with Crippen molar-refractivity contribution in [2.24, 2.45) is 0 Å². The number of rotatable bonds is 4. The van der Waals surface area contributed by atoms with Gasteiger partial charge < -0.3 is 4.74 Å². The maximum absolute atomic E-state index is 5.29. The first kappa shape index (κ1) is 13.7. The summed E-state index contributed by atoms with van der Waals surface area (Å²) in [4.78, 5) is 4.74. The van der Waals surface area contributed by atoms with Gasteiger partial charge in [0.2, 0.25) is 0 Å². The normalized spacial score (nSPS) is 11.0. The molecule has 0 saturated heterocycles. The smallest absolute Gasteiger partial charge is 0.121 e. The van der Waals surface area contributed by atoms with Gasteiger partial charge in [0, 0.05) is 18.2 Å². The van der Waals surface area contributed by atoms with E-state index in [1.807, 2.05) is 12.1 Å². The average molecular weight is 280 g/mol. The molecule has 3 heteroatoms. The maximum atomic E-state index is 5.29. The highest BCUT2D eigenvalue weighted by Gasteiger charge is 2.11. The molecule has 0 saturated carbocycles. The molecule has 1 heterocycles. The van der Waals surface area contributed by atoms with Crippen LogP contribution in [0.25, 0.3) is 16.7 Å². The minimum atomic E-state index is 0.844. The topological polar surface area (TPSA) is 27.1 Å². The van der Waals surface area contributed by atoms with Crippen LogP contribution in [0.5, 0.6) is 5.75 Å². The first-order valence-electron chi connectivity index (χ1n) is 7.41. The Hall–Kier alpha value is -2.29. The molecule has 3 rings (SSSR count). The van der Waals surface area contributed by atoms with E-state index in [-0.39, 0.29) is 0 Å². The van der Waals surface area contributed by atoms with Crippen molar-refractivity contribution < 1.29 is 4.74 Å². The van der Waals surface area contributed by atoms with E-state index in [2.05, 4.69) is 48.7 Å². The molecule has 2 aromatic carbocycles. The molecule has 0 aliphatic carbocycles. The molecule has 3 aromatic rings. The Labute approximate surface area is 125 Å². The molecule has 0 spiro atoms. The molecule has 0 atom stereocenters. The van der Waals surface area contributed by atoms with Crippen LogP contribution in [0.3, 0.4) is 0 Å². The average Bonchev–Trinajstić information content (AvgIpc) is 2.92. The van der Waals surface area contributed by atoms with Gasteiger partial charge in [0.1, 0.15) is 11.6 Å². The van der Waals surface area contributed by atoms with Crippen molar-refractivity contribution in [2.45, 2.75) is 26.7 Å². The molecule has 0 bridgehead atoms. The van der Waals surface area contributed by atoms with Crippen LogP contribution >= 0.6 is 0 Å². The monoisotopic (exact) mass is 280 g/mol. The van der Waals surface area contributed by atoms with E-state index in [4.69, 9.17) is 9.72 Å². The Balaban J connectivity index is 2.19. The van der Waals surface area contributed by atoms with Crippen molar-refractivity contribution in [1.29, 1.82) is 0 Å². The summed E-state index contributed by atoms with van der Waals surface area (Å²) in [5.41, 5.74) is 4.61. The molecule has 0 N–H and O–H groups in total. The SMILES string of the molecule is CCc1ccc(-n2c(CC)nc3cc(OC)ccc32)cc1. The molecular weight excluding hydrogens is 260 g/mol. The number of aromatic nitrogens is 2. The molecule has 0 amide bonds. The molecule has 3 nitrogen and oxygen atoms in total. The predicted molar refractivity (Wildman–Crippen MR) is 86.4 cm³/mol. The van der Waals surface area contributed by atoms with Crippen LogP contribution in [0.1, 0.15) is 25.2 Å². The highest BCUT2D eigenvalue weighted by molar-refractivity contribution is 5.80. The first-order chi connectivity index (χ1) is 10.3. The van der Waals surface area contributed by atoms with Crippen molar-refractivity contribution in [1.82, 2.24) is 9.55 Å². The van der Waals surface area contributed by atoms with Crippen molar-refractivity contribution in [3.05, 3.63) is 53.9 Å². The third kappa shape index (κ3) is 2.40. The van der Waals surface area contributed by atoms with Gasteiger partial charge in [-0.05, 0) is 36.2 Å². The van der Waals surface area contributed by atoms with E-state index >= 15 is 0 Å². The zero-order valence-electron chi connectivity index (χ0n) is 12.8. The summed E-state index contributed by atoms with van der Waals surface area (Å²) in [7, 11) is 1.68. The van der Waals surface area contributed by atoms with Gasteiger partial charge in [0.25, 0.3) is 0 Å². The number of fused-ring (bicyclic) bond motifs is 1. The van der Waals surface area contributed by atoms with E-state index in [0.29, 0.717) is 0 Å². The van der Waals surface area contributed by atoms with E-state index in [1.54, 1.807) is 7.11 Å². The van der Waals surface area contributed by atoms with Crippen LogP contribution in [-0.4, -0.2) is 16.7 Å². The summed E-state index contributed by atoms with van der Waals surface area (Å²) in [6.45, 7) is 4.31. The third-order valence-corrected chi connectivity index (χ3v) is 3.85. The van der Waals surface area contributed by atoms with Crippen molar-refractivity contribution in [3.63, 3.8) is 0 Å². The predicted octanol–water partition coefficient (Wildman–Crippen LogP) is 4.16. The van der Waals surface area contributed by atoms with Gasteiger partial charge in [0.15, 0.2) is 0 Å². The molecule has 0 aliphatic rings. The summed E-state index contributed by atoms with van der Waals surface area (Å²) in [5.74, 6) is 1.92. The molecule has 1 aromatic heterocycles. The number of methoxy groups -OCH3 is 1. The zero-order valence-corrected chi connectivity index (χ0v) is 12.8. The fourth-order valence-electron chi connectivity index (χ4n) is 2.64. The van der Waals surface area contributed by atoms with Gasteiger partial charge >= 0.3 is 0 Å². The quantitative estimate of drug-likeness (QED) is 0.717. The number of aryl methyl sites for hydroxylation is 2. The molecule has 0 aliphatic heterocycles. The van der Waals surface area contributed by atoms with E-state index < -0.39 is 0 Å². The first-order valence-corrected chi connectivity index (χ1v) is 7.41. The Morgan fingerprint density at radius 1 is 1.00 bits per heavy atom. The second-order valence-corrected chi connectivity index (χ2v) is 5.09. The van der Waals surface area contributed by atoms with Crippen molar-refractivity contribution >= 4 is 11.0 Å². The zero-order chi connectivity index (χ0) is 14.8. The fraction of sp³-hybridized carbons (Fsp3) is 0.278. The number of nitrogens with zero attached hydrogens (tertiary/aromatic N) is 2. The lowest BCUT2D eigenvalue weighted by atomic mass is 10.1. The Bertz CT molecular complexity index is 757. The van der Waals surface area contributed by atoms with E-state index in [0.717, 1.165) is 41.1 Å². The number of imidazole rings is 1. The van der Waals surface area contributed by atoms with Gasteiger partial charge in [-0.25, -0.2) is 4.98 Å². The van der Waals surface area contributed by atoms with Crippen LogP contribution in [0, 0.1) is 0 Å². The van der Waals surface area contributed by atoms with Gasteiger partial charge in [0.05, 0.1) is 18.1 Å². The molecular formula is C18H20N2O. The van der Waals surface area contributed by atoms with Crippen LogP contribution in [0.4, 0.5) is 0 Å². The standard InChI is InChI=1S/C18H20N2O/c1-4-13-6-8-14(9-7-13)20-17-11-10-15(21-3)12-16(17)19-18(20)5-2/h6-12H,4-5H2,1-3H3. The molecule has 0 unspecified atom stereocenters.